The SMILES string of the molecule is COCCOc1cc(-c2ccc3nc(NC(C)=O)cn3c2)cnc1N. The van der Waals surface area contributed by atoms with Gasteiger partial charge in [-0.25, -0.2) is 9.97 Å². The summed E-state index contributed by atoms with van der Waals surface area (Å²) in [6.45, 7) is 2.31. The molecule has 1 amide bonds. The van der Waals surface area contributed by atoms with Crippen LogP contribution in [0.4, 0.5) is 11.6 Å². The van der Waals surface area contributed by atoms with E-state index in [1.54, 1.807) is 19.5 Å². The maximum Gasteiger partial charge on any atom is 0.222 e. The first kappa shape index (κ1) is 16.7. The number of carbonyl (C=O) groups is 1. The number of carbonyl (C=O) groups excluding carboxylic acids is 1. The highest BCUT2D eigenvalue weighted by atomic mass is 16.5. The maximum absolute atomic E-state index is 11.2. The van der Waals surface area contributed by atoms with Gasteiger partial charge in [0, 0.05) is 37.6 Å². The molecule has 0 aliphatic heterocycles. The van der Waals surface area contributed by atoms with E-state index in [1.807, 2.05) is 28.8 Å². The normalized spacial score (nSPS) is 10.8. The van der Waals surface area contributed by atoms with Crippen molar-refractivity contribution in [2.75, 3.05) is 31.4 Å². The largest absolute Gasteiger partial charge is 0.487 e. The smallest absolute Gasteiger partial charge is 0.222 e. The fourth-order valence-corrected chi connectivity index (χ4v) is 2.37. The van der Waals surface area contributed by atoms with Crippen LogP contribution in [-0.4, -0.2) is 40.6 Å². The van der Waals surface area contributed by atoms with Gasteiger partial charge < -0.3 is 24.9 Å². The fraction of sp³-hybridized carbons (Fsp3) is 0.235. The van der Waals surface area contributed by atoms with Gasteiger partial charge in [-0.1, -0.05) is 0 Å². The molecule has 130 valence electrons. The number of ether oxygens (including phenoxy) is 2. The molecule has 0 saturated carbocycles. The van der Waals surface area contributed by atoms with Crippen LogP contribution in [0.5, 0.6) is 5.75 Å². The topological polar surface area (TPSA) is 104 Å². The zero-order chi connectivity index (χ0) is 17.8. The van der Waals surface area contributed by atoms with Crippen LogP contribution in [0.15, 0.2) is 36.8 Å². The van der Waals surface area contributed by atoms with Gasteiger partial charge in [-0.05, 0) is 18.2 Å². The van der Waals surface area contributed by atoms with Gasteiger partial charge in [0.05, 0.1) is 12.8 Å². The highest BCUT2D eigenvalue weighted by Crippen LogP contribution is 2.27. The summed E-state index contributed by atoms with van der Waals surface area (Å²) < 4.78 is 12.4. The first-order valence-corrected chi connectivity index (χ1v) is 7.71. The predicted octanol–water partition coefficient (Wildman–Crippen LogP) is 1.96. The van der Waals surface area contributed by atoms with E-state index in [4.69, 9.17) is 15.2 Å². The number of hydrogen-bond acceptors (Lipinski definition) is 6. The number of nitrogens with two attached hydrogens (primary N) is 1. The molecule has 8 heteroatoms. The number of amides is 1. The van der Waals surface area contributed by atoms with E-state index < -0.39 is 0 Å². The molecule has 0 bridgehead atoms. The molecule has 3 aromatic rings. The minimum atomic E-state index is -0.163. The molecule has 0 unspecified atom stereocenters. The molecule has 3 rings (SSSR count). The van der Waals surface area contributed by atoms with E-state index in [9.17, 15) is 4.79 Å². The van der Waals surface area contributed by atoms with Crippen molar-refractivity contribution in [1.29, 1.82) is 0 Å². The van der Waals surface area contributed by atoms with Gasteiger partial charge in [0.15, 0.2) is 17.4 Å². The fourth-order valence-electron chi connectivity index (χ4n) is 2.37. The second-order valence-electron chi connectivity index (χ2n) is 5.44. The van der Waals surface area contributed by atoms with Gasteiger partial charge in [0.1, 0.15) is 12.3 Å². The summed E-state index contributed by atoms with van der Waals surface area (Å²) in [5, 5.41) is 2.67. The molecule has 0 atom stereocenters. The maximum atomic E-state index is 11.2. The molecule has 0 aromatic carbocycles. The van der Waals surface area contributed by atoms with Crippen molar-refractivity contribution in [3.05, 3.63) is 36.8 Å². The summed E-state index contributed by atoms with van der Waals surface area (Å²) in [5.41, 5.74) is 8.37. The number of fused-ring (bicyclic) bond motifs is 1. The Bertz CT molecular complexity index is 906. The summed E-state index contributed by atoms with van der Waals surface area (Å²) in [4.78, 5) is 19.7. The molecule has 0 fully saturated rings. The molecular weight excluding hydrogens is 322 g/mol. The number of pyridine rings is 2. The van der Waals surface area contributed by atoms with Gasteiger partial charge in [0.2, 0.25) is 5.91 Å². The molecule has 0 spiro atoms. The van der Waals surface area contributed by atoms with Crippen LogP contribution in [0, 0.1) is 0 Å². The number of imidazole rings is 1. The molecular formula is C17H19N5O3. The number of methoxy groups -OCH3 is 1. The number of aromatic nitrogens is 3. The molecule has 3 N–H and O–H groups in total. The zero-order valence-electron chi connectivity index (χ0n) is 14.0. The number of nitrogen functional groups attached to an aromatic ring is 1. The molecule has 3 aromatic heterocycles. The van der Waals surface area contributed by atoms with Crippen LogP contribution in [0.1, 0.15) is 6.92 Å². The number of nitrogens with one attached hydrogen (secondary N) is 1. The van der Waals surface area contributed by atoms with Crippen LogP contribution >= 0.6 is 0 Å². The second kappa shape index (κ2) is 7.18. The Hall–Kier alpha value is -3.13. The molecule has 3 heterocycles. The van der Waals surface area contributed by atoms with Crippen molar-refractivity contribution in [2.24, 2.45) is 0 Å². The van der Waals surface area contributed by atoms with Crippen LogP contribution < -0.4 is 15.8 Å². The van der Waals surface area contributed by atoms with E-state index in [-0.39, 0.29) is 5.91 Å². The second-order valence-corrected chi connectivity index (χ2v) is 5.44. The Morgan fingerprint density at radius 2 is 2.12 bits per heavy atom. The number of anilines is 2. The Morgan fingerprint density at radius 1 is 1.28 bits per heavy atom. The molecule has 25 heavy (non-hydrogen) atoms. The van der Waals surface area contributed by atoms with E-state index in [0.29, 0.717) is 30.6 Å². The predicted molar refractivity (Wildman–Crippen MR) is 94.5 cm³/mol. The molecule has 0 aliphatic carbocycles. The van der Waals surface area contributed by atoms with Gasteiger partial charge >= 0.3 is 0 Å². The Balaban J connectivity index is 1.90. The van der Waals surface area contributed by atoms with E-state index in [2.05, 4.69) is 15.3 Å². The number of rotatable bonds is 6. The third-order valence-electron chi connectivity index (χ3n) is 3.52. The van der Waals surface area contributed by atoms with E-state index in [1.165, 1.54) is 6.92 Å². The van der Waals surface area contributed by atoms with Crippen molar-refractivity contribution >= 4 is 23.2 Å². The van der Waals surface area contributed by atoms with E-state index in [0.717, 1.165) is 16.8 Å². The highest BCUT2D eigenvalue weighted by molar-refractivity contribution is 5.87. The Kier molecular flexibility index (Phi) is 4.80. The monoisotopic (exact) mass is 341 g/mol. The molecule has 8 nitrogen and oxygen atoms in total. The summed E-state index contributed by atoms with van der Waals surface area (Å²) in [7, 11) is 1.61. The van der Waals surface area contributed by atoms with Gasteiger partial charge in [-0.15, -0.1) is 0 Å². The van der Waals surface area contributed by atoms with E-state index >= 15 is 0 Å². The lowest BCUT2D eigenvalue weighted by Crippen LogP contribution is -2.06. The summed E-state index contributed by atoms with van der Waals surface area (Å²) in [6.07, 6.45) is 5.34. The minimum Gasteiger partial charge on any atom is -0.487 e. The van der Waals surface area contributed by atoms with Gasteiger partial charge in [-0.2, -0.15) is 0 Å². The van der Waals surface area contributed by atoms with Gasteiger partial charge in [0.25, 0.3) is 0 Å². The molecule has 0 radical (unpaired) electrons. The zero-order valence-corrected chi connectivity index (χ0v) is 14.0. The average molecular weight is 341 g/mol. The van der Waals surface area contributed by atoms with Crippen molar-refractivity contribution in [1.82, 2.24) is 14.4 Å². The van der Waals surface area contributed by atoms with Gasteiger partial charge in [-0.3, -0.25) is 4.79 Å². The van der Waals surface area contributed by atoms with Crippen molar-refractivity contribution in [3.8, 4) is 16.9 Å². The quantitative estimate of drug-likeness (QED) is 0.664. The van der Waals surface area contributed by atoms with Crippen molar-refractivity contribution in [2.45, 2.75) is 6.92 Å². The van der Waals surface area contributed by atoms with Crippen LogP contribution in [-0.2, 0) is 9.53 Å². The lowest BCUT2D eigenvalue weighted by atomic mass is 10.1. The molecule has 0 saturated heterocycles. The van der Waals surface area contributed by atoms with Crippen LogP contribution in [0.3, 0.4) is 0 Å². The lowest BCUT2D eigenvalue weighted by molar-refractivity contribution is -0.114. The van der Waals surface area contributed by atoms with Crippen molar-refractivity contribution in [3.63, 3.8) is 0 Å². The first-order valence-electron chi connectivity index (χ1n) is 7.71. The first-order chi connectivity index (χ1) is 12.1. The summed E-state index contributed by atoms with van der Waals surface area (Å²) in [6, 6.07) is 5.62. The molecule has 0 aliphatic rings. The Labute approximate surface area is 144 Å². The van der Waals surface area contributed by atoms with Crippen LogP contribution in [0.2, 0.25) is 0 Å². The Morgan fingerprint density at radius 3 is 2.88 bits per heavy atom. The minimum absolute atomic E-state index is 0.163. The summed E-state index contributed by atoms with van der Waals surface area (Å²) in [5.74, 6) is 1.18. The standard InChI is InChI=1S/C17H19N5O3/c1-11(23)20-15-10-22-9-12(3-4-16(22)21-15)13-7-14(17(18)19-8-13)25-6-5-24-2/h3-4,7-10H,5-6H2,1-2H3,(H2,18,19)(H,20,23). The third kappa shape index (κ3) is 3.86. The number of hydrogen-bond donors (Lipinski definition) is 2. The highest BCUT2D eigenvalue weighted by Gasteiger charge is 2.08. The average Bonchev–Trinajstić information content (AvgIpc) is 2.97. The third-order valence-corrected chi connectivity index (χ3v) is 3.52. The lowest BCUT2D eigenvalue weighted by Gasteiger charge is -2.10. The summed E-state index contributed by atoms with van der Waals surface area (Å²) >= 11 is 0. The van der Waals surface area contributed by atoms with Crippen molar-refractivity contribution < 1.29 is 14.3 Å². The van der Waals surface area contributed by atoms with Crippen LogP contribution in [0.25, 0.3) is 16.8 Å². The number of nitrogens with zero attached hydrogens (tertiary/aromatic N) is 3.